The van der Waals surface area contributed by atoms with E-state index < -0.39 is 0 Å². The van der Waals surface area contributed by atoms with Gasteiger partial charge >= 0.3 is 0 Å². The molecule has 2 aromatic carbocycles. The minimum Gasteiger partial charge on any atom is -0.504 e. The monoisotopic (exact) mass is 228 g/mol. The van der Waals surface area contributed by atoms with Crippen LogP contribution in [0.15, 0.2) is 36.4 Å². The van der Waals surface area contributed by atoms with Crippen LogP contribution < -0.4 is 4.74 Å². The SMILES string of the molecule is OCc1cccc2c1Oc1c(O)cccc1C2. The van der Waals surface area contributed by atoms with Crippen LogP contribution in [0.2, 0.25) is 0 Å². The predicted octanol–water partition coefficient (Wildman–Crippen LogP) is 2.58. The van der Waals surface area contributed by atoms with Crippen molar-refractivity contribution in [3.05, 3.63) is 53.1 Å². The van der Waals surface area contributed by atoms with E-state index in [-0.39, 0.29) is 12.4 Å². The topological polar surface area (TPSA) is 49.7 Å². The smallest absolute Gasteiger partial charge is 0.172 e. The number of benzene rings is 2. The molecule has 0 atom stereocenters. The highest BCUT2D eigenvalue weighted by Crippen LogP contribution is 2.43. The number of ether oxygens (including phenoxy) is 1. The Morgan fingerprint density at radius 1 is 1.00 bits per heavy atom. The highest BCUT2D eigenvalue weighted by Gasteiger charge is 2.21. The molecule has 0 spiro atoms. The van der Waals surface area contributed by atoms with Gasteiger partial charge in [-0.1, -0.05) is 30.3 Å². The summed E-state index contributed by atoms with van der Waals surface area (Å²) in [6, 6.07) is 11.0. The van der Waals surface area contributed by atoms with Crippen LogP contribution in [-0.4, -0.2) is 10.2 Å². The number of phenols is 1. The number of para-hydroxylation sites is 2. The Hall–Kier alpha value is -2.00. The van der Waals surface area contributed by atoms with Gasteiger partial charge in [0, 0.05) is 17.5 Å². The van der Waals surface area contributed by atoms with Crippen LogP contribution in [-0.2, 0) is 13.0 Å². The molecule has 0 aliphatic carbocycles. The normalized spacial score (nSPS) is 12.5. The van der Waals surface area contributed by atoms with Crippen LogP contribution in [0, 0.1) is 0 Å². The molecule has 86 valence electrons. The molecular weight excluding hydrogens is 216 g/mol. The molecule has 0 aromatic heterocycles. The molecule has 1 aliphatic rings. The lowest BCUT2D eigenvalue weighted by molar-refractivity contribution is 0.275. The van der Waals surface area contributed by atoms with E-state index in [1.165, 1.54) is 0 Å². The first-order chi connectivity index (χ1) is 8.29. The second-order valence-electron chi connectivity index (χ2n) is 4.11. The van der Waals surface area contributed by atoms with Gasteiger partial charge in [-0.3, -0.25) is 0 Å². The number of fused-ring (bicyclic) bond motifs is 2. The van der Waals surface area contributed by atoms with Crippen molar-refractivity contribution in [2.45, 2.75) is 13.0 Å². The van der Waals surface area contributed by atoms with Crippen LogP contribution in [0.1, 0.15) is 16.7 Å². The molecule has 3 rings (SSSR count). The average molecular weight is 228 g/mol. The number of aliphatic hydroxyl groups excluding tert-OH is 1. The number of hydrogen-bond acceptors (Lipinski definition) is 3. The van der Waals surface area contributed by atoms with Crippen molar-refractivity contribution in [2.75, 3.05) is 0 Å². The molecular formula is C14H12O3. The van der Waals surface area contributed by atoms with Gasteiger partial charge in [0.25, 0.3) is 0 Å². The summed E-state index contributed by atoms with van der Waals surface area (Å²) in [5.74, 6) is 1.31. The van der Waals surface area contributed by atoms with E-state index in [2.05, 4.69) is 0 Å². The summed E-state index contributed by atoms with van der Waals surface area (Å²) < 4.78 is 5.72. The third kappa shape index (κ3) is 1.56. The molecule has 0 bridgehead atoms. The molecule has 0 amide bonds. The van der Waals surface area contributed by atoms with E-state index in [1.807, 2.05) is 24.3 Å². The van der Waals surface area contributed by atoms with E-state index in [0.717, 1.165) is 16.7 Å². The summed E-state index contributed by atoms with van der Waals surface area (Å²) in [4.78, 5) is 0. The Kier molecular flexibility index (Phi) is 2.27. The summed E-state index contributed by atoms with van der Waals surface area (Å²) in [5.41, 5.74) is 2.75. The maximum absolute atomic E-state index is 9.76. The van der Waals surface area contributed by atoms with Crippen LogP contribution in [0.25, 0.3) is 0 Å². The summed E-state index contributed by atoms with van der Waals surface area (Å²) in [7, 11) is 0. The fraction of sp³-hybridized carbons (Fsp3) is 0.143. The second-order valence-corrected chi connectivity index (χ2v) is 4.11. The van der Waals surface area contributed by atoms with Gasteiger partial charge in [0.05, 0.1) is 6.61 Å². The summed E-state index contributed by atoms with van der Waals surface area (Å²) in [6.07, 6.45) is 0.715. The number of aliphatic hydroxyl groups is 1. The standard InChI is InChI=1S/C14H12O3/c15-8-11-5-1-3-9-7-10-4-2-6-12(16)14(10)17-13(9)11/h1-6,15-16H,7-8H2. The van der Waals surface area contributed by atoms with E-state index in [4.69, 9.17) is 4.74 Å². The lowest BCUT2D eigenvalue weighted by atomic mass is 9.98. The largest absolute Gasteiger partial charge is 0.504 e. The van der Waals surface area contributed by atoms with E-state index in [9.17, 15) is 10.2 Å². The lowest BCUT2D eigenvalue weighted by Gasteiger charge is -2.22. The molecule has 3 heteroatoms. The Balaban J connectivity index is 2.14. The average Bonchev–Trinajstić information content (AvgIpc) is 2.36. The Bertz CT molecular complexity index is 576. The van der Waals surface area contributed by atoms with E-state index in [1.54, 1.807) is 12.1 Å². The number of hydrogen-bond donors (Lipinski definition) is 2. The fourth-order valence-electron chi connectivity index (χ4n) is 2.17. The molecule has 0 saturated heterocycles. The van der Waals surface area contributed by atoms with E-state index >= 15 is 0 Å². The highest BCUT2D eigenvalue weighted by atomic mass is 16.5. The van der Waals surface area contributed by atoms with Gasteiger partial charge < -0.3 is 14.9 Å². The number of phenolic OH excluding ortho intramolecular Hbond substituents is 1. The predicted molar refractivity (Wildman–Crippen MR) is 63.4 cm³/mol. The van der Waals surface area contributed by atoms with E-state index in [0.29, 0.717) is 17.9 Å². The minimum atomic E-state index is -0.0634. The zero-order chi connectivity index (χ0) is 11.8. The maximum atomic E-state index is 9.76. The molecule has 2 N–H and O–H groups in total. The van der Waals surface area contributed by atoms with Crippen LogP contribution in [0.3, 0.4) is 0 Å². The Morgan fingerprint density at radius 2 is 1.71 bits per heavy atom. The van der Waals surface area contributed by atoms with Crippen LogP contribution in [0.5, 0.6) is 17.2 Å². The van der Waals surface area contributed by atoms with Crippen molar-refractivity contribution in [1.29, 1.82) is 0 Å². The first kappa shape index (κ1) is 10.2. The molecule has 1 aliphatic heterocycles. The molecule has 0 radical (unpaired) electrons. The first-order valence-electron chi connectivity index (χ1n) is 5.50. The molecule has 2 aromatic rings. The van der Waals surface area contributed by atoms with Crippen molar-refractivity contribution in [1.82, 2.24) is 0 Å². The van der Waals surface area contributed by atoms with Gasteiger partial charge in [0.2, 0.25) is 0 Å². The van der Waals surface area contributed by atoms with Crippen molar-refractivity contribution >= 4 is 0 Å². The zero-order valence-electron chi connectivity index (χ0n) is 9.18. The van der Waals surface area contributed by atoms with Crippen LogP contribution >= 0.6 is 0 Å². The molecule has 0 saturated carbocycles. The van der Waals surface area contributed by atoms with Gasteiger partial charge in [-0.05, 0) is 11.6 Å². The number of aromatic hydroxyl groups is 1. The Labute approximate surface area is 98.9 Å². The second kappa shape index (κ2) is 3.79. The fourth-order valence-corrected chi connectivity index (χ4v) is 2.17. The van der Waals surface area contributed by atoms with Gasteiger partial charge in [-0.2, -0.15) is 0 Å². The number of rotatable bonds is 1. The lowest BCUT2D eigenvalue weighted by Crippen LogP contribution is -2.05. The third-order valence-electron chi connectivity index (χ3n) is 3.01. The van der Waals surface area contributed by atoms with Crippen molar-refractivity contribution in [3.8, 4) is 17.2 Å². The first-order valence-corrected chi connectivity index (χ1v) is 5.50. The van der Waals surface area contributed by atoms with Gasteiger partial charge in [0.15, 0.2) is 11.5 Å². The van der Waals surface area contributed by atoms with Crippen molar-refractivity contribution in [3.63, 3.8) is 0 Å². The summed E-state index contributed by atoms with van der Waals surface area (Å²) in [5, 5.41) is 19.0. The van der Waals surface area contributed by atoms with Gasteiger partial charge in [-0.15, -0.1) is 0 Å². The molecule has 17 heavy (non-hydrogen) atoms. The third-order valence-corrected chi connectivity index (χ3v) is 3.01. The summed E-state index contributed by atoms with van der Waals surface area (Å²) >= 11 is 0. The zero-order valence-corrected chi connectivity index (χ0v) is 9.18. The minimum absolute atomic E-state index is 0.0634. The Morgan fingerprint density at radius 3 is 2.47 bits per heavy atom. The quantitative estimate of drug-likeness (QED) is 0.673. The highest BCUT2D eigenvalue weighted by molar-refractivity contribution is 5.57. The maximum Gasteiger partial charge on any atom is 0.172 e. The van der Waals surface area contributed by atoms with Gasteiger partial charge in [0.1, 0.15) is 5.75 Å². The molecule has 0 fully saturated rings. The summed E-state index contributed by atoms with van der Waals surface area (Å²) in [6.45, 7) is -0.0634. The van der Waals surface area contributed by atoms with Crippen molar-refractivity contribution in [2.24, 2.45) is 0 Å². The van der Waals surface area contributed by atoms with Crippen molar-refractivity contribution < 1.29 is 14.9 Å². The van der Waals surface area contributed by atoms with Crippen LogP contribution in [0.4, 0.5) is 0 Å². The van der Waals surface area contributed by atoms with Gasteiger partial charge in [-0.25, -0.2) is 0 Å². The molecule has 3 nitrogen and oxygen atoms in total. The molecule has 1 heterocycles. The molecule has 0 unspecified atom stereocenters.